The van der Waals surface area contributed by atoms with Gasteiger partial charge in [-0.05, 0) is 32.6 Å². The van der Waals surface area contributed by atoms with E-state index >= 15 is 0 Å². The minimum atomic E-state index is -0.608. The van der Waals surface area contributed by atoms with Crippen molar-refractivity contribution in [3.63, 3.8) is 0 Å². The van der Waals surface area contributed by atoms with Crippen LogP contribution in [0, 0.1) is 0 Å². The molecule has 0 radical (unpaired) electrons. The number of guanidine groups is 1. The highest BCUT2D eigenvalue weighted by molar-refractivity contribution is 5.79. The Bertz CT molecular complexity index is 531. The summed E-state index contributed by atoms with van der Waals surface area (Å²) in [5.41, 5.74) is 0.410. The lowest BCUT2D eigenvalue weighted by atomic mass is 9.85. The number of aromatic nitrogens is 1. The third-order valence-corrected chi connectivity index (χ3v) is 5.09. The van der Waals surface area contributed by atoms with Crippen molar-refractivity contribution < 1.29 is 9.63 Å². The van der Waals surface area contributed by atoms with Crippen molar-refractivity contribution in [1.82, 2.24) is 15.8 Å². The van der Waals surface area contributed by atoms with Gasteiger partial charge in [-0.1, -0.05) is 38.3 Å². The van der Waals surface area contributed by atoms with E-state index in [0.717, 1.165) is 56.5 Å². The highest BCUT2D eigenvalue weighted by Gasteiger charge is 2.29. The molecule has 0 atom stereocenters. The van der Waals surface area contributed by atoms with Crippen LogP contribution in [-0.4, -0.2) is 34.9 Å². The van der Waals surface area contributed by atoms with Gasteiger partial charge in [0.1, 0.15) is 6.54 Å². The van der Waals surface area contributed by atoms with Gasteiger partial charge in [0.15, 0.2) is 11.7 Å². The molecule has 1 fully saturated rings. The van der Waals surface area contributed by atoms with E-state index in [1.54, 1.807) is 0 Å². The van der Waals surface area contributed by atoms with Gasteiger partial charge in [0.2, 0.25) is 0 Å². The molecule has 1 aromatic rings. The van der Waals surface area contributed by atoms with Crippen molar-refractivity contribution in [3.8, 4) is 0 Å². The number of nitrogens with one attached hydrogen (secondary N) is 2. The second kappa shape index (κ2) is 9.80. The lowest BCUT2D eigenvalue weighted by Gasteiger charge is -2.32. The maximum Gasteiger partial charge on any atom is 0.191 e. The number of hydrogen-bond donors (Lipinski definition) is 3. The molecular formula is C19H34N4O2. The van der Waals surface area contributed by atoms with Crippen LogP contribution in [0.1, 0.15) is 83.1 Å². The summed E-state index contributed by atoms with van der Waals surface area (Å²) in [5.74, 6) is 1.94. The van der Waals surface area contributed by atoms with Gasteiger partial charge in [0.25, 0.3) is 0 Å². The normalized spacial score (nSPS) is 17.7. The molecule has 1 aliphatic carbocycles. The maximum atomic E-state index is 10.6. The Morgan fingerprint density at radius 2 is 1.96 bits per heavy atom. The van der Waals surface area contributed by atoms with Crippen molar-refractivity contribution in [3.05, 3.63) is 17.5 Å². The van der Waals surface area contributed by atoms with Gasteiger partial charge in [-0.3, -0.25) is 0 Å². The molecule has 0 bridgehead atoms. The van der Waals surface area contributed by atoms with Crippen LogP contribution in [0.25, 0.3) is 0 Å². The van der Waals surface area contributed by atoms with Gasteiger partial charge in [0, 0.05) is 25.1 Å². The van der Waals surface area contributed by atoms with E-state index in [1.165, 1.54) is 6.42 Å². The smallest absolute Gasteiger partial charge is 0.191 e. The average molecular weight is 351 g/mol. The first-order valence-electron chi connectivity index (χ1n) is 9.80. The first kappa shape index (κ1) is 19.8. The van der Waals surface area contributed by atoms with Crippen molar-refractivity contribution >= 4 is 5.96 Å². The standard InChI is InChI=1S/C19H34N4O2/c1-4-15(5-2)17-12-16(25-23-17)13-21-18(20-6-3)22-14-19(24)10-8-7-9-11-19/h12,15,24H,4-11,13-14H2,1-3H3,(H2,20,21,22). The lowest BCUT2D eigenvalue weighted by Crippen LogP contribution is -2.48. The predicted octanol–water partition coefficient (Wildman–Crippen LogP) is 3.33. The quantitative estimate of drug-likeness (QED) is 0.495. The Morgan fingerprint density at radius 1 is 1.24 bits per heavy atom. The van der Waals surface area contributed by atoms with E-state index in [0.29, 0.717) is 25.0 Å². The zero-order valence-corrected chi connectivity index (χ0v) is 16.0. The van der Waals surface area contributed by atoms with Gasteiger partial charge in [-0.15, -0.1) is 0 Å². The Balaban J connectivity index is 1.92. The number of nitrogens with zero attached hydrogens (tertiary/aromatic N) is 2. The third-order valence-electron chi connectivity index (χ3n) is 5.09. The lowest BCUT2D eigenvalue weighted by molar-refractivity contribution is 0.00859. The molecule has 142 valence electrons. The van der Waals surface area contributed by atoms with Crippen molar-refractivity contribution in [2.24, 2.45) is 4.99 Å². The molecule has 6 heteroatoms. The van der Waals surface area contributed by atoms with Crippen molar-refractivity contribution in [1.29, 1.82) is 0 Å². The van der Waals surface area contributed by atoms with Gasteiger partial charge >= 0.3 is 0 Å². The summed E-state index contributed by atoms with van der Waals surface area (Å²) in [6, 6.07) is 2.01. The number of aliphatic imine (C=N–C) groups is 1. The maximum absolute atomic E-state index is 10.6. The average Bonchev–Trinajstić information content (AvgIpc) is 3.08. The van der Waals surface area contributed by atoms with E-state index in [9.17, 15) is 5.11 Å². The highest BCUT2D eigenvalue weighted by atomic mass is 16.5. The summed E-state index contributed by atoms with van der Waals surface area (Å²) in [4.78, 5) is 4.57. The molecule has 0 saturated heterocycles. The van der Waals surface area contributed by atoms with Crippen LogP contribution >= 0.6 is 0 Å². The largest absolute Gasteiger partial charge is 0.388 e. The SMILES string of the molecule is CCNC(=NCc1cc(C(CC)CC)no1)NCC1(O)CCCCC1. The minimum Gasteiger partial charge on any atom is -0.388 e. The molecule has 25 heavy (non-hydrogen) atoms. The summed E-state index contributed by atoms with van der Waals surface area (Å²) in [5, 5.41) is 21.3. The van der Waals surface area contributed by atoms with Crippen LogP contribution in [0.4, 0.5) is 0 Å². The second-order valence-electron chi connectivity index (χ2n) is 7.07. The molecule has 0 amide bonds. The van der Waals surface area contributed by atoms with E-state index in [4.69, 9.17) is 4.52 Å². The fourth-order valence-corrected chi connectivity index (χ4v) is 3.44. The van der Waals surface area contributed by atoms with E-state index in [1.807, 2.05) is 13.0 Å². The van der Waals surface area contributed by atoms with Crippen LogP contribution in [0.15, 0.2) is 15.6 Å². The summed E-state index contributed by atoms with van der Waals surface area (Å²) < 4.78 is 5.43. The molecule has 0 spiro atoms. The summed E-state index contributed by atoms with van der Waals surface area (Å²) in [6.07, 6.45) is 7.27. The summed E-state index contributed by atoms with van der Waals surface area (Å²) in [6.45, 7) is 8.13. The summed E-state index contributed by atoms with van der Waals surface area (Å²) >= 11 is 0. The van der Waals surface area contributed by atoms with Crippen molar-refractivity contribution in [2.45, 2.75) is 83.8 Å². The molecule has 0 aromatic carbocycles. The molecule has 1 aliphatic rings. The fraction of sp³-hybridized carbons (Fsp3) is 0.789. The fourth-order valence-electron chi connectivity index (χ4n) is 3.44. The monoisotopic (exact) mass is 350 g/mol. The number of rotatable bonds is 8. The zero-order chi connectivity index (χ0) is 18.1. The zero-order valence-electron chi connectivity index (χ0n) is 16.0. The second-order valence-corrected chi connectivity index (χ2v) is 7.07. The van der Waals surface area contributed by atoms with Gasteiger partial charge in [0.05, 0.1) is 11.3 Å². The molecule has 1 saturated carbocycles. The van der Waals surface area contributed by atoms with Crippen LogP contribution in [0.2, 0.25) is 0 Å². The molecular weight excluding hydrogens is 316 g/mol. The van der Waals surface area contributed by atoms with Crippen LogP contribution in [0.3, 0.4) is 0 Å². The van der Waals surface area contributed by atoms with Crippen molar-refractivity contribution in [2.75, 3.05) is 13.1 Å². The van der Waals surface area contributed by atoms with E-state index in [2.05, 4.69) is 34.6 Å². The first-order chi connectivity index (χ1) is 12.1. The van der Waals surface area contributed by atoms with Crippen LogP contribution < -0.4 is 10.6 Å². The first-order valence-corrected chi connectivity index (χ1v) is 9.80. The molecule has 1 heterocycles. The summed E-state index contributed by atoms with van der Waals surface area (Å²) in [7, 11) is 0. The Morgan fingerprint density at radius 3 is 2.60 bits per heavy atom. The van der Waals surface area contributed by atoms with E-state index in [-0.39, 0.29) is 0 Å². The number of hydrogen-bond acceptors (Lipinski definition) is 4. The number of aliphatic hydroxyl groups is 1. The molecule has 0 aliphatic heterocycles. The van der Waals surface area contributed by atoms with Gasteiger partial charge in [-0.25, -0.2) is 4.99 Å². The molecule has 0 unspecified atom stereocenters. The Kier molecular flexibility index (Phi) is 7.75. The minimum absolute atomic E-state index is 0.445. The molecule has 1 aromatic heterocycles. The Labute approximate surface area is 151 Å². The molecule has 3 N–H and O–H groups in total. The topological polar surface area (TPSA) is 82.7 Å². The predicted molar refractivity (Wildman–Crippen MR) is 101 cm³/mol. The Hall–Kier alpha value is -1.56. The third kappa shape index (κ3) is 6.03. The van der Waals surface area contributed by atoms with E-state index < -0.39 is 5.60 Å². The highest BCUT2D eigenvalue weighted by Crippen LogP contribution is 2.27. The van der Waals surface area contributed by atoms with Gasteiger partial charge in [-0.2, -0.15) is 0 Å². The molecule has 2 rings (SSSR count). The van der Waals surface area contributed by atoms with Gasteiger partial charge < -0.3 is 20.3 Å². The van der Waals surface area contributed by atoms with Crippen LogP contribution in [-0.2, 0) is 6.54 Å². The molecule has 6 nitrogen and oxygen atoms in total. The van der Waals surface area contributed by atoms with Crippen LogP contribution in [0.5, 0.6) is 0 Å².